The van der Waals surface area contributed by atoms with Crippen LogP contribution in [0, 0.1) is 6.92 Å². The number of fused-ring (bicyclic) bond motifs is 1. The van der Waals surface area contributed by atoms with Crippen molar-refractivity contribution in [2.45, 2.75) is 6.92 Å². The van der Waals surface area contributed by atoms with E-state index in [1.807, 2.05) is 36.4 Å². The van der Waals surface area contributed by atoms with Crippen LogP contribution in [0.25, 0.3) is 34.3 Å². The highest BCUT2D eigenvalue weighted by Crippen LogP contribution is 2.38. The Labute approximate surface area is 210 Å². The molecule has 0 bridgehead atoms. The number of rotatable bonds is 4. The average molecular weight is 466 g/mol. The first-order valence-electron chi connectivity index (χ1n) is 12.0. The average Bonchev–Trinajstić information content (AvgIpc) is 3.42. The van der Waals surface area contributed by atoms with Gasteiger partial charge in [-0.3, -0.25) is 9.59 Å². The lowest BCUT2D eigenvalue weighted by Crippen LogP contribution is -2.02. The fourth-order valence-electron chi connectivity index (χ4n) is 4.87. The van der Waals surface area contributed by atoms with Gasteiger partial charge in [-0.15, -0.1) is 0 Å². The third kappa shape index (κ3) is 3.62. The molecule has 3 heteroatoms. The lowest BCUT2D eigenvalue weighted by Gasteiger charge is -2.15. The molecule has 4 aromatic carbocycles. The van der Waals surface area contributed by atoms with Crippen LogP contribution in [0.5, 0.6) is 0 Å². The molecule has 0 atom stereocenters. The van der Waals surface area contributed by atoms with Crippen molar-refractivity contribution >= 4 is 17.6 Å². The highest BCUT2D eigenvalue weighted by molar-refractivity contribution is 6.41. The number of aromatic nitrogens is 1. The van der Waals surface area contributed by atoms with Gasteiger partial charge in [-0.1, -0.05) is 103 Å². The molecule has 0 N–H and O–H groups in total. The van der Waals surface area contributed by atoms with E-state index in [1.165, 1.54) is 5.56 Å². The number of Topliss-reactive ketones (excluding diaryl/α,β-unsaturated/α-hetero) is 2. The highest BCUT2D eigenvalue weighted by atomic mass is 16.2. The zero-order valence-corrected chi connectivity index (χ0v) is 19.8. The number of allylic oxidation sites excluding steroid dienone is 1. The van der Waals surface area contributed by atoms with Crippen LogP contribution in [0.3, 0.4) is 0 Å². The van der Waals surface area contributed by atoms with Crippen LogP contribution in [-0.2, 0) is 0 Å². The molecule has 1 aliphatic rings. The number of hydrogen-bond donors (Lipinski definition) is 0. The standard InChI is InChI=1S/C33H23NO2/c1-22-16-18-26(19-17-22)34-30(23-10-4-2-5-11-23)21-25(31(34)24-12-6-3-7-13-24)20-29-32(35)27-14-8-9-15-28(27)33(29)36/h2-21H,1H3. The van der Waals surface area contributed by atoms with Crippen LogP contribution in [0.4, 0.5) is 0 Å². The Balaban J connectivity index is 1.65. The molecule has 1 heterocycles. The summed E-state index contributed by atoms with van der Waals surface area (Å²) >= 11 is 0. The van der Waals surface area contributed by atoms with Crippen LogP contribution in [0.15, 0.2) is 121 Å². The molecule has 36 heavy (non-hydrogen) atoms. The summed E-state index contributed by atoms with van der Waals surface area (Å²) in [7, 11) is 0. The predicted molar refractivity (Wildman–Crippen MR) is 144 cm³/mol. The minimum atomic E-state index is -0.223. The predicted octanol–water partition coefficient (Wildman–Crippen LogP) is 7.58. The summed E-state index contributed by atoms with van der Waals surface area (Å²) in [5.41, 5.74) is 8.12. The molecule has 0 saturated heterocycles. The number of ketones is 2. The fraction of sp³-hybridized carbons (Fsp3) is 0.0303. The third-order valence-corrected chi connectivity index (χ3v) is 6.64. The summed E-state index contributed by atoms with van der Waals surface area (Å²) in [6, 6.07) is 37.8. The van der Waals surface area contributed by atoms with Crippen molar-refractivity contribution in [1.82, 2.24) is 4.57 Å². The van der Waals surface area contributed by atoms with Crippen molar-refractivity contribution in [2.75, 3.05) is 0 Å². The van der Waals surface area contributed by atoms with E-state index in [-0.39, 0.29) is 17.1 Å². The molecule has 0 aliphatic heterocycles. The van der Waals surface area contributed by atoms with Crippen molar-refractivity contribution in [2.24, 2.45) is 0 Å². The Hall–Kier alpha value is -4.76. The Morgan fingerprint density at radius 3 is 1.72 bits per heavy atom. The zero-order chi connectivity index (χ0) is 24.6. The number of hydrogen-bond acceptors (Lipinski definition) is 2. The van der Waals surface area contributed by atoms with Gasteiger partial charge in [0, 0.05) is 22.4 Å². The van der Waals surface area contributed by atoms with Crippen LogP contribution < -0.4 is 0 Å². The van der Waals surface area contributed by atoms with Crippen LogP contribution >= 0.6 is 0 Å². The largest absolute Gasteiger partial charge is 0.309 e. The van der Waals surface area contributed by atoms with Crippen LogP contribution in [0.2, 0.25) is 0 Å². The summed E-state index contributed by atoms with van der Waals surface area (Å²) in [6.07, 6.45) is 1.77. The Bertz CT molecular complexity index is 1600. The monoisotopic (exact) mass is 465 g/mol. The molecule has 3 nitrogen and oxygen atoms in total. The Kier molecular flexibility index (Phi) is 5.31. The van der Waals surface area contributed by atoms with E-state index in [2.05, 4.69) is 66.1 Å². The second-order valence-electron chi connectivity index (χ2n) is 9.00. The van der Waals surface area contributed by atoms with Gasteiger partial charge in [0.25, 0.3) is 0 Å². The smallest absolute Gasteiger partial charge is 0.197 e. The summed E-state index contributed by atoms with van der Waals surface area (Å²) < 4.78 is 2.22. The maximum Gasteiger partial charge on any atom is 0.197 e. The number of aryl methyl sites for hydroxylation is 1. The summed E-state index contributed by atoms with van der Waals surface area (Å²) in [5, 5.41) is 0. The van der Waals surface area contributed by atoms with Crippen molar-refractivity contribution in [1.29, 1.82) is 0 Å². The molecule has 0 saturated carbocycles. The molecule has 0 amide bonds. The van der Waals surface area contributed by atoms with Crippen LogP contribution in [0.1, 0.15) is 31.8 Å². The zero-order valence-electron chi connectivity index (χ0n) is 19.8. The first kappa shape index (κ1) is 21.8. The molecule has 0 radical (unpaired) electrons. The molecule has 0 fully saturated rings. The highest BCUT2D eigenvalue weighted by Gasteiger charge is 2.33. The van der Waals surface area contributed by atoms with Crippen molar-refractivity contribution in [3.05, 3.63) is 143 Å². The minimum absolute atomic E-state index is 0.203. The summed E-state index contributed by atoms with van der Waals surface area (Å²) in [5.74, 6) is -0.446. The summed E-state index contributed by atoms with van der Waals surface area (Å²) in [4.78, 5) is 26.5. The molecule has 1 aliphatic carbocycles. The molecular formula is C33H23NO2. The SMILES string of the molecule is Cc1ccc(-n2c(-c3ccccc3)cc(C=C3C(=O)c4ccccc4C3=O)c2-c2ccccc2)cc1. The van der Waals surface area contributed by atoms with Crippen molar-refractivity contribution in [3.63, 3.8) is 0 Å². The van der Waals surface area contributed by atoms with Crippen LogP contribution in [-0.4, -0.2) is 16.1 Å². The number of carbonyl (C=O) groups excluding carboxylic acids is 2. The van der Waals surface area contributed by atoms with E-state index in [4.69, 9.17) is 0 Å². The van der Waals surface area contributed by atoms with E-state index >= 15 is 0 Å². The maximum absolute atomic E-state index is 13.2. The normalized spacial score (nSPS) is 12.6. The lowest BCUT2D eigenvalue weighted by atomic mass is 10.0. The molecule has 172 valence electrons. The van der Waals surface area contributed by atoms with Crippen molar-refractivity contribution in [3.8, 4) is 28.2 Å². The first-order valence-corrected chi connectivity index (χ1v) is 12.0. The van der Waals surface area contributed by atoms with Gasteiger partial charge in [0.1, 0.15) is 0 Å². The van der Waals surface area contributed by atoms with Gasteiger partial charge in [-0.05, 0) is 42.3 Å². The second-order valence-corrected chi connectivity index (χ2v) is 9.00. The molecule has 0 unspecified atom stereocenters. The van der Waals surface area contributed by atoms with E-state index in [0.29, 0.717) is 11.1 Å². The third-order valence-electron chi connectivity index (χ3n) is 6.64. The quantitative estimate of drug-likeness (QED) is 0.203. The Morgan fingerprint density at radius 2 is 1.14 bits per heavy atom. The first-order chi connectivity index (χ1) is 17.6. The second kappa shape index (κ2) is 8.79. The molecule has 5 aromatic rings. The lowest BCUT2D eigenvalue weighted by molar-refractivity contribution is 0.0990. The van der Waals surface area contributed by atoms with Gasteiger partial charge in [-0.25, -0.2) is 0 Å². The van der Waals surface area contributed by atoms with E-state index in [0.717, 1.165) is 33.8 Å². The van der Waals surface area contributed by atoms with Gasteiger partial charge in [0.05, 0.1) is 17.0 Å². The van der Waals surface area contributed by atoms with Gasteiger partial charge < -0.3 is 4.57 Å². The van der Waals surface area contributed by atoms with Gasteiger partial charge in [0.15, 0.2) is 11.6 Å². The van der Waals surface area contributed by atoms with Gasteiger partial charge in [0.2, 0.25) is 0 Å². The van der Waals surface area contributed by atoms with E-state index in [9.17, 15) is 9.59 Å². The molecular weight excluding hydrogens is 442 g/mol. The summed E-state index contributed by atoms with van der Waals surface area (Å²) in [6.45, 7) is 2.07. The number of benzene rings is 4. The number of carbonyl (C=O) groups is 2. The van der Waals surface area contributed by atoms with Gasteiger partial charge >= 0.3 is 0 Å². The minimum Gasteiger partial charge on any atom is -0.309 e. The van der Waals surface area contributed by atoms with Gasteiger partial charge in [-0.2, -0.15) is 0 Å². The molecule has 1 aromatic heterocycles. The molecule has 6 rings (SSSR count). The number of nitrogens with zero attached hydrogens (tertiary/aromatic N) is 1. The van der Waals surface area contributed by atoms with E-state index in [1.54, 1.807) is 30.3 Å². The fourth-order valence-corrected chi connectivity index (χ4v) is 4.87. The van der Waals surface area contributed by atoms with Crippen molar-refractivity contribution < 1.29 is 9.59 Å². The topological polar surface area (TPSA) is 39.1 Å². The molecule has 0 spiro atoms. The Morgan fingerprint density at radius 1 is 0.611 bits per heavy atom. The van der Waals surface area contributed by atoms with E-state index < -0.39 is 0 Å². The maximum atomic E-state index is 13.2.